The quantitative estimate of drug-likeness (QED) is 0.446. The van der Waals surface area contributed by atoms with E-state index in [2.05, 4.69) is 15.4 Å². The van der Waals surface area contributed by atoms with E-state index < -0.39 is 26.2 Å². The Morgan fingerprint density at radius 2 is 1.77 bits per heavy atom. The molecule has 0 saturated carbocycles. The molecule has 2 rings (SSSR count). The second-order valence-electron chi connectivity index (χ2n) is 7.51. The highest BCUT2D eigenvalue weighted by Crippen LogP contribution is 2.35. The molecule has 0 aliphatic rings. The maximum Gasteiger partial charge on any atom is 0.294 e. The van der Waals surface area contributed by atoms with Gasteiger partial charge in [-0.1, -0.05) is 0 Å². The van der Waals surface area contributed by atoms with Crippen LogP contribution in [0.4, 0.5) is 22.7 Å². The lowest BCUT2D eigenvalue weighted by Gasteiger charge is -2.20. The summed E-state index contributed by atoms with van der Waals surface area (Å²) in [5.74, 6) is 0.0995. The Labute approximate surface area is 174 Å². The molecule has 11 heteroatoms. The minimum absolute atomic E-state index is 0.0629. The highest BCUT2D eigenvalue weighted by Gasteiger charge is 2.26. The number of nitro benzene ring substituents is 1. The lowest BCUT2D eigenvalue weighted by molar-refractivity contribution is -0.384. The second kappa shape index (κ2) is 8.67. The number of benzene rings is 2. The van der Waals surface area contributed by atoms with Gasteiger partial charge >= 0.3 is 0 Å². The molecule has 2 aromatic rings. The Hall–Kier alpha value is -3.18. The zero-order valence-electron chi connectivity index (χ0n) is 17.3. The van der Waals surface area contributed by atoms with E-state index in [-0.39, 0.29) is 16.5 Å². The van der Waals surface area contributed by atoms with Crippen molar-refractivity contribution >= 4 is 38.7 Å². The number of nitrogens with one attached hydrogen (secondary N) is 3. The molecule has 0 fully saturated rings. The van der Waals surface area contributed by atoms with E-state index in [1.807, 2.05) is 0 Å². The zero-order chi connectivity index (χ0) is 22.7. The van der Waals surface area contributed by atoms with Crippen LogP contribution >= 0.6 is 0 Å². The highest BCUT2D eigenvalue weighted by molar-refractivity contribution is 7.89. The molecule has 2 aromatic carbocycles. The number of hydrogen-bond donors (Lipinski definition) is 3. The van der Waals surface area contributed by atoms with Gasteiger partial charge in [0.15, 0.2) is 0 Å². The molecule has 1 amide bonds. The number of methoxy groups -OCH3 is 1. The molecule has 162 valence electrons. The summed E-state index contributed by atoms with van der Waals surface area (Å²) in [4.78, 5) is 22.0. The fourth-order valence-electron chi connectivity index (χ4n) is 2.63. The molecule has 0 radical (unpaired) electrons. The van der Waals surface area contributed by atoms with Gasteiger partial charge in [-0.15, -0.1) is 0 Å². The van der Waals surface area contributed by atoms with Crippen LogP contribution in [0, 0.1) is 10.1 Å². The third-order valence-corrected chi connectivity index (χ3v) is 5.46. The van der Waals surface area contributed by atoms with Crippen molar-refractivity contribution in [3.05, 3.63) is 46.5 Å². The average molecular weight is 436 g/mol. The summed E-state index contributed by atoms with van der Waals surface area (Å²) in [5, 5.41) is 17.1. The fraction of sp³-hybridized carbons (Fsp3) is 0.316. The number of anilines is 3. The number of ether oxygens (including phenoxy) is 1. The molecule has 0 heterocycles. The molecule has 0 bridgehead atoms. The van der Waals surface area contributed by atoms with Crippen molar-refractivity contribution in [1.29, 1.82) is 0 Å². The smallest absolute Gasteiger partial charge is 0.294 e. The number of carbonyl (C=O) groups is 1. The first kappa shape index (κ1) is 23.1. The third-order valence-electron chi connectivity index (χ3n) is 3.71. The van der Waals surface area contributed by atoms with Crippen LogP contribution in [0.1, 0.15) is 27.7 Å². The van der Waals surface area contributed by atoms with E-state index in [1.165, 1.54) is 26.2 Å². The molecule has 10 nitrogen and oxygen atoms in total. The normalized spacial score (nSPS) is 11.6. The molecule has 0 spiro atoms. The molecular formula is C19H24N4O6S. The Bertz CT molecular complexity index is 1080. The topological polar surface area (TPSA) is 140 Å². The Balaban J connectivity index is 2.49. The Kier molecular flexibility index (Phi) is 6.68. The molecule has 0 saturated heterocycles. The maximum atomic E-state index is 12.5. The van der Waals surface area contributed by atoms with Crippen LogP contribution in [0.25, 0.3) is 0 Å². The number of sulfonamides is 1. The van der Waals surface area contributed by atoms with E-state index >= 15 is 0 Å². The van der Waals surface area contributed by atoms with Gasteiger partial charge in [0.2, 0.25) is 15.9 Å². The molecule has 0 atom stereocenters. The van der Waals surface area contributed by atoms with Crippen molar-refractivity contribution in [2.45, 2.75) is 38.1 Å². The molecular weight excluding hydrogens is 412 g/mol. The lowest BCUT2D eigenvalue weighted by Crippen LogP contribution is -2.40. The van der Waals surface area contributed by atoms with Crippen molar-refractivity contribution in [2.24, 2.45) is 0 Å². The Morgan fingerprint density at radius 3 is 2.30 bits per heavy atom. The molecule has 0 aliphatic heterocycles. The van der Waals surface area contributed by atoms with Crippen LogP contribution < -0.4 is 20.1 Å². The summed E-state index contributed by atoms with van der Waals surface area (Å²) < 4.78 is 32.8. The minimum Gasteiger partial charge on any atom is -0.495 e. The first-order valence-corrected chi connectivity index (χ1v) is 10.4. The van der Waals surface area contributed by atoms with Gasteiger partial charge in [0.1, 0.15) is 11.4 Å². The van der Waals surface area contributed by atoms with Crippen LogP contribution in [-0.4, -0.2) is 31.9 Å². The number of nitro groups is 1. The van der Waals surface area contributed by atoms with Crippen LogP contribution in [0.3, 0.4) is 0 Å². The Morgan fingerprint density at radius 1 is 1.10 bits per heavy atom. The summed E-state index contributed by atoms with van der Waals surface area (Å²) in [7, 11) is -2.52. The maximum absolute atomic E-state index is 12.5. The summed E-state index contributed by atoms with van der Waals surface area (Å²) in [6.07, 6.45) is 0. The van der Waals surface area contributed by atoms with Gasteiger partial charge in [0.05, 0.1) is 22.6 Å². The highest BCUT2D eigenvalue weighted by atomic mass is 32.2. The van der Waals surface area contributed by atoms with E-state index in [0.29, 0.717) is 17.1 Å². The number of carbonyl (C=O) groups excluding carboxylic acids is 1. The monoisotopic (exact) mass is 436 g/mol. The van der Waals surface area contributed by atoms with Crippen molar-refractivity contribution in [3.8, 4) is 5.75 Å². The number of amides is 1. The number of nitrogens with zero attached hydrogens (tertiary/aromatic N) is 1. The van der Waals surface area contributed by atoms with Gasteiger partial charge in [-0.05, 0) is 51.1 Å². The molecule has 0 aliphatic carbocycles. The van der Waals surface area contributed by atoms with Crippen molar-refractivity contribution < 1.29 is 22.9 Å². The molecule has 0 unspecified atom stereocenters. The van der Waals surface area contributed by atoms with Gasteiger partial charge < -0.3 is 15.4 Å². The van der Waals surface area contributed by atoms with E-state index in [0.717, 1.165) is 6.07 Å². The van der Waals surface area contributed by atoms with Crippen LogP contribution in [0.15, 0.2) is 41.3 Å². The van der Waals surface area contributed by atoms with Crippen molar-refractivity contribution in [1.82, 2.24) is 4.72 Å². The van der Waals surface area contributed by atoms with E-state index in [9.17, 15) is 23.3 Å². The van der Waals surface area contributed by atoms with E-state index in [4.69, 9.17) is 4.74 Å². The summed E-state index contributed by atoms with van der Waals surface area (Å²) in [6.45, 7) is 6.36. The standard InChI is InChI=1S/C19H24N4O6S/c1-12(24)20-13-6-9-18(29-5)16(10-13)21-15-8-7-14(11-17(15)23(25)26)30(27,28)22-19(2,3)4/h6-11,21-22H,1-5H3,(H,20,24). The number of hydrogen-bond acceptors (Lipinski definition) is 7. The third kappa shape index (κ3) is 5.91. The van der Waals surface area contributed by atoms with Gasteiger partial charge in [-0.3, -0.25) is 14.9 Å². The lowest BCUT2D eigenvalue weighted by atomic mass is 10.1. The minimum atomic E-state index is -3.95. The first-order valence-electron chi connectivity index (χ1n) is 8.87. The van der Waals surface area contributed by atoms with Crippen molar-refractivity contribution in [2.75, 3.05) is 17.7 Å². The largest absolute Gasteiger partial charge is 0.495 e. The molecule has 30 heavy (non-hydrogen) atoms. The van der Waals surface area contributed by atoms with Crippen LogP contribution in [-0.2, 0) is 14.8 Å². The fourth-order valence-corrected chi connectivity index (χ4v) is 4.07. The zero-order valence-corrected chi connectivity index (χ0v) is 18.1. The molecule has 3 N–H and O–H groups in total. The first-order chi connectivity index (χ1) is 13.8. The van der Waals surface area contributed by atoms with Gasteiger partial charge in [0.25, 0.3) is 5.69 Å². The predicted molar refractivity (Wildman–Crippen MR) is 114 cm³/mol. The average Bonchev–Trinajstić information content (AvgIpc) is 2.59. The summed E-state index contributed by atoms with van der Waals surface area (Å²) in [6, 6.07) is 8.32. The second-order valence-corrected chi connectivity index (χ2v) is 9.20. The van der Waals surface area contributed by atoms with Gasteiger partial charge in [0, 0.05) is 24.2 Å². The van der Waals surface area contributed by atoms with Crippen LogP contribution in [0.5, 0.6) is 5.75 Å². The molecule has 0 aromatic heterocycles. The summed E-state index contributed by atoms with van der Waals surface area (Å²) >= 11 is 0. The van der Waals surface area contributed by atoms with Gasteiger partial charge in [-0.2, -0.15) is 0 Å². The number of rotatable bonds is 7. The van der Waals surface area contributed by atoms with Crippen LogP contribution in [0.2, 0.25) is 0 Å². The van der Waals surface area contributed by atoms with Gasteiger partial charge in [-0.25, -0.2) is 13.1 Å². The van der Waals surface area contributed by atoms with E-state index in [1.54, 1.807) is 39.0 Å². The SMILES string of the molecule is COc1ccc(NC(C)=O)cc1Nc1ccc(S(=O)(=O)NC(C)(C)C)cc1[N+](=O)[O-]. The predicted octanol–water partition coefficient (Wildman–Crippen LogP) is 3.38. The summed E-state index contributed by atoms with van der Waals surface area (Å²) in [5.41, 5.74) is -0.300. The van der Waals surface area contributed by atoms with Crippen molar-refractivity contribution in [3.63, 3.8) is 0 Å².